The Balaban J connectivity index is 4.04. The Morgan fingerprint density at radius 2 is 0.702 bits per heavy atom. The first-order valence-corrected chi connectivity index (χ1v) is 38.5. The van der Waals surface area contributed by atoms with Crippen LogP contribution in [0.5, 0.6) is 0 Å². The number of likely N-dealkylation sites (N-methyl/N-ethyl adjacent to an activating group) is 1. The molecule has 2 N–H and O–H groups in total. The average molecular weight is 1200 g/mol. The quantitative estimate of drug-likeness (QED) is 0.0272. The first kappa shape index (κ1) is 82.5. The minimum absolute atomic E-state index is 0.00506. The van der Waals surface area contributed by atoms with Gasteiger partial charge in [0.1, 0.15) is 13.2 Å². The normalized spacial score (nSPS) is 13.8. The molecule has 3 atom stereocenters. The highest BCUT2D eigenvalue weighted by molar-refractivity contribution is 7.45. The van der Waals surface area contributed by atoms with Gasteiger partial charge in [0, 0.05) is 6.42 Å². The number of rotatable bonds is 69. The summed E-state index contributed by atoms with van der Waals surface area (Å²) in [4.78, 5) is 25.7. The number of phosphoric acid groups is 1. The molecular formula is C75H145N2O6P. The number of nitrogens with zero attached hydrogens (tertiary/aromatic N) is 1. The molecule has 0 aromatic carbocycles. The summed E-state index contributed by atoms with van der Waals surface area (Å²) in [5.74, 6) is -0.200. The molecule has 9 heteroatoms. The zero-order valence-electron chi connectivity index (χ0n) is 56.9. The molecule has 0 saturated heterocycles. The zero-order chi connectivity index (χ0) is 61.2. The average Bonchev–Trinajstić information content (AvgIpc) is 3.56. The van der Waals surface area contributed by atoms with Gasteiger partial charge in [-0.2, -0.15) is 0 Å². The Morgan fingerprint density at radius 3 is 1.04 bits per heavy atom. The highest BCUT2D eigenvalue weighted by Gasteiger charge is 2.23. The number of unbranched alkanes of at least 4 members (excludes halogenated alkanes) is 50. The number of aliphatic hydroxyl groups excluding tert-OH is 1. The van der Waals surface area contributed by atoms with Gasteiger partial charge in [0.05, 0.1) is 39.9 Å². The summed E-state index contributed by atoms with van der Waals surface area (Å²) in [5, 5.41) is 14.0. The molecule has 0 spiro atoms. The van der Waals surface area contributed by atoms with Crippen molar-refractivity contribution in [2.24, 2.45) is 0 Å². The third kappa shape index (κ3) is 68.0. The minimum atomic E-state index is -4.61. The Labute approximate surface area is 524 Å². The van der Waals surface area contributed by atoms with E-state index in [1.165, 1.54) is 308 Å². The van der Waals surface area contributed by atoms with Gasteiger partial charge in [-0.05, 0) is 64.2 Å². The fourth-order valence-electron chi connectivity index (χ4n) is 11.3. The number of hydrogen-bond acceptors (Lipinski definition) is 6. The minimum Gasteiger partial charge on any atom is -0.756 e. The largest absolute Gasteiger partial charge is 0.756 e. The summed E-state index contributed by atoms with van der Waals surface area (Å²) in [6, 6.07) is -0.905. The van der Waals surface area contributed by atoms with E-state index in [4.69, 9.17) is 9.05 Å². The van der Waals surface area contributed by atoms with Crippen molar-refractivity contribution in [1.29, 1.82) is 0 Å². The maximum atomic E-state index is 13.0. The van der Waals surface area contributed by atoms with Crippen LogP contribution >= 0.6 is 7.82 Å². The van der Waals surface area contributed by atoms with E-state index < -0.39 is 20.0 Å². The number of amides is 1. The lowest BCUT2D eigenvalue weighted by molar-refractivity contribution is -0.870. The predicted octanol–water partition coefficient (Wildman–Crippen LogP) is 23.2. The lowest BCUT2D eigenvalue weighted by Gasteiger charge is -2.29. The second-order valence-electron chi connectivity index (χ2n) is 26.6. The van der Waals surface area contributed by atoms with E-state index >= 15 is 0 Å². The van der Waals surface area contributed by atoms with Crippen molar-refractivity contribution in [3.8, 4) is 0 Å². The Bertz CT molecular complexity index is 1510. The van der Waals surface area contributed by atoms with E-state index in [1.54, 1.807) is 6.08 Å². The van der Waals surface area contributed by atoms with E-state index in [2.05, 4.69) is 55.6 Å². The van der Waals surface area contributed by atoms with Crippen molar-refractivity contribution < 1.29 is 32.9 Å². The number of aliphatic hydroxyl groups is 1. The van der Waals surface area contributed by atoms with Gasteiger partial charge in [0.15, 0.2) is 0 Å². The van der Waals surface area contributed by atoms with Gasteiger partial charge in [-0.15, -0.1) is 0 Å². The van der Waals surface area contributed by atoms with Crippen molar-refractivity contribution in [3.63, 3.8) is 0 Å². The van der Waals surface area contributed by atoms with Crippen molar-refractivity contribution in [2.75, 3.05) is 40.9 Å². The first-order valence-electron chi connectivity index (χ1n) is 37.0. The van der Waals surface area contributed by atoms with E-state index in [9.17, 15) is 19.4 Å². The van der Waals surface area contributed by atoms with Crippen LogP contribution in [0, 0.1) is 0 Å². The molecule has 0 heterocycles. The van der Waals surface area contributed by atoms with Crippen LogP contribution in [0.25, 0.3) is 0 Å². The molecule has 0 bridgehead atoms. The molecule has 0 aliphatic rings. The van der Waals surface area contributed by atoms with Crippen LogP contribution in [0.3, 0.4) is 0 Å². The van der Waals surface area contributed by atoms with Crippen LogP contribution in [0.4, 0.5) is 0 Å². The lowest BCUT2D eigenvalue weighted by atomic mass is 10.0. The highest BCUT2D eigenvalue weighted by atomic mass is 31.2. The Kier molecular flexibility index (Phi) is 64.7. The standard InChI is InChI=1S/C75H145N2O6P/c1-6-8-10-12-14-16-18-20-22-24-26-28-30-32-34-36-37-38-39-41-43-45-47-49-51-53-55-57-59-61-63-65-67-69-75(79)76-73(72-83-84(80,81)82-71-70-77(3,4)5)74(78)68-66-64-62-60-58-56-54-52-50-48-46-44-42-40-35-33-31-29-27-25-23-21-19-17-15-13-11-9-7-2/h18,20,24,26,58,60,66,68,73-74,78H,6-17,19,21-23,25,27-57,59,61-65,67,69-72H2,1-5H3,(H-,76,79,80,81)/b20-18-,26-24-,60-58+,68-66+. The molecular weight excluding hydrogens is 1060 g/mol. The van der Waals surface area contributed by atoms with E-state index in [1.807, 2.05) is 27.2 Å². The van der Waals surface area contributed by atoms with Gasteiger partial charge in [-0.3, -0.25) is 9.36 Å². The van der Waals surface area contributed by atoms with Crippen LogP contribution < -0.4 is 10.2 Å². The Hall–Kier alpha value is -1.54. The topological polar surface area (TPSA) is 108 Å². The van der Waals surface area contributed by atoms with Crippen molar-refractivity contribution in [3.05, 3.63) is 48.6 Å². The molecule has 84 heavy (non-hydrogen) atoms. The van der Waals surface area contributed by atoms with Crippen LogP contribution in [-0.2, 0) is 18.4 Å². The van der Waals surface area contributed by atoms with Crippen LogP contribution in [0.1, 0.15) is 373 Å². The molecule has 8 nitrogen and oxygen atoms in total. The molecule has 0 rings (SSSR count). The monoisotopic (exact) mass is 1200 g/mol. The summed E-state index contributed by atoms with van der Waals surface area (Å²) in [7, 11) is 1.26. The smallest absolute Gasteiger partial charge is 0.268 e. The zero-order valence-corrected chi connectivity index (χ0v) is 57.8. The summed E-state index contributed by atoms with van der Waals surface area (Å²) in [6.07, 6.45) is 89.7. The van der Waals surface area contributed by atoms with E-state index in [0.717, 1.165) is 44.9 Å². The van der Waals surface area contributed by atoms with Gasteiger partial charge >= 0.3 is 0 Å². The van der Waals surface area contributed by atoms with Gasteiger partial charge in [-0.1, -0.05) is 351 Å². The fraction of sp³-hybridized carbons (Fsp3) is 0.880. The summed E-state index contributed by atoms with van der Waals surface area (Å²) >= 11 is 0. The number of carbonyl (C=O) groups excluding carboxylic acids is 1. The summed E-state index contributed by atoms with van der Waals surface area (Å²) < 4.78 is 23.5. The summed E-state index contributed by atoms with van der Waals surface area (Å²) in [6.45, 7) is 4.68. The molecule has 0 aliphatic heterocycles. The molecule has 1 amide bonds. The van der Waals surface area contributed by atoms with Gasteiger partial charge in [-0.25, -0.2) is 0 Å². The molecule has 0 radical (unpaired) electrons. The lowest BCUT2D eigenvalue weighted by Crippen LogP contribution is -2.45. The number of carbonyl (C=O) groups is 1. The fourth-order valence-corrected chi connectivity index (χ4v) is 12.0. The molecule has 0 saturated carbocycles. The molecule has 0 aromatic rings. The number of nitrogens with one attached hydrogen (secondary N) is 1. The molecule has 0 fully saturated rings. The summed E-state index contributed by atoms with van der Waals surface area (Å²) in [5.41, 5.74) is 0. The number of phosphoric ester groups is 1. The third-order valence-electron chi connectivity index (χ3n) is 17.0. The van der Waals surface area contributed by atoms with Crippen molar-refractivity contribution in [1.82, 2.24) is 5.32 Å². The van der Waals surface area contributed by atoms with Gasteiger partial charge < -0.3 is 28.8 Å². The van der Waals surface area contributed by atoms with Crippen molar-refractivity contribution >= 4 is 13.7 Å². The van der Waals surface area contributed by atoms with Gasteiger partial charge in [0.2, 0.25) is 5.91 Å². The molecule has 0 aromatic heterocycles. The Morgan fingerprint density at radius 1 is 0.417 bits per heavy atom. The van der Waals surface area contributed by atoms with Crippen LogP contribution in [0.2, 0.25) is 0 Å². The van der Waals surface area contributed by atoms with Gasteiger partial charge in [0.25, 0.3) is 7.82 Å². The van der Waals surface area contributed by atoms with Crippen LogP contribution in [0.15, 0.2) is 48.6 Å². The van der Waals surface area contributed by atoms with Crippen LogP contribution in [-0.4, -0.2) is 68.5 Å². The molecule has 3 unspecified atom stereocenters. The first-order chi connectivity index (χ1) is 41.0. The predicted molar refractivity (Wildman–Crippen MR) is 367 cm³/mol. The van der Waals surface area contributed by atoms with E-state index in [0.29, 0.717) is 17.4 Å². The second-order valence-corrected chi connectivity index (χ2v) is 28.1. The molecule has 496 valence electrons. The SMILES string of the molecule is CCCCCCC/C=C\C/C=C\CCCCCCCCCCCCCCCCCCCCCCCC(=O)NC(COP(=O)([O-])OCC[N+](C)(C)C)C(O)/C=C/CC/C=C/CCCCCCCCCCCCCCCCCCCCCCCCC. The number of hydrogen-bond donors (Lipinski definition) is 2. The van der Waals surface area contributed by atoms with E-state index in [-0.39, 0.29) is 19.1 Å². The van der Waals surface area contributed by atoms with Crippen molar-refractivity contribution in [2.45, 2.75) is 386 Å². The molecule has 0 aliphatic carbocycles. The number of quaternary nitrogens is 1. The maximum absolute atomic E-state index is 13.0. The number of allylic oxidation sites excluding steroid dienone is 7. The maximum Gasteiger partial charge on any atom is 0.268 e. The highest BCUT2D eigenvalue weighted by Crippen LogP contribution is 2.38. The second kappa shape index (κ2) is 65.9. The third-order valence-corrected chi connectivity index (χ3v) is 18.0.